The van der Waals surface area contributed by atoms with E-state index >= 15 is 0 Å². The third-order valence-corrected chi connectivity index (χ3v) is 15.8. The van der Waals surface area contributed by atoms with Gasteiger partial charge in [0.2, 0.25) is 0 Å². The fourth-order valence-corrected chi connectivity index (χ4v) is 13.0. The molecule has 0 amide bonds. The van der Waals surface area contributed by atoms with Crippen LogP contribution in [0.1, 0.15) is 29.7 Å². The Morgan fingerprint density at radius 3 is 1.14 bits per heavy atom. The molecule has 11 aromatic carbocycles. The SMILES string of the molecule is C.c1ccc(-n2c3ccccc3c3cc(-c4ccc5c(c4)c4cc6c(cc4n5-c4ccc5c(c4)c4ccccc4n5-c4ccccc4)C4(c5ccccc5-c5ccccc54)c4ccccc4-6)ccc32)cc1. The van der Waals surface area contributed by atoms with Gasteiger partial charge in [-0.25, -0.2) is 0 Å². The minimum absolute atomic E-state index is 0. The van der Waals surface area contributed by atoms with Crippen molar-refractivity contribution >= 4 is 65.4 Å². The van der Waals surface area contributed by atoms with Crippen molar-refractivity contribution in [1.82, 2.24) is 13.7 Å². The van der Waals surface area contributed by atoms with E-state index in [0.717, 1.165) is 11.4 Å². The summed E-state index contributed by atoms with van der Waals surface area (Å²) in [6, 6.07) is 92.9. The smallest absolute Gasteiger partial charge is 0.0726 e. The summed E-state index contributed by atoms with van der Waals surface area (Å²) >= 11 is 0. The van der Waals surface area contributed by atoms with Crippen LogP contribution in [0.15, 0.2) is 249 Å². The summed E-state index contributed by atoms with van der Waals surface area (Å²) in [6.45, 7) is 0. The third kappa shape index (κ3) is 5.22. The van der Waals surface area contributed by atoms with Crippen molar-refractivity contribution in [1.29, 1.82) is 0 Å². The third-order valence-electron chi connectivity index (χ3n) is 15.8. The van der Waals surface area contributed by atoms with Gasteiger partial charge in [-0.2, -0.15) is 0 Å². The molecule has 0 bridgehead atoms. The number of benzene rings is 11. The van der Waals surface area contributed by atoms with E-state index < -0.39 is 5.41 Å². The minimum atomic E-state index is -0.457. The second-order valence-corrected chi connectivity index (χ2v) is 19.2. The molecule has 3 heteroatoms. The Balaban J connectivity index is 0.00000452. The molecule has 0 fully saturated rings. The molecule has 2 aliphatic carbocycles. The molecule has 3 nitrogen and oxygen atoms in total. The van der Waals surface area contributed by atoms with E-state index in [-0.39, 0.29) is 7.43 Å². The molecular formula is C68H45N3. The van der Waals surface area contributed by atoms with E-state index in [9.17, 15) is 0 Å². The summed E-state index contributed by atoms with van der Waals surface area (Å²) in [5.74, 6) is 0. The Kier molecular flexibility index (Phi) is 8.22. The molecule has 2 aliphatic rings. The first kappa shape index (κ1) is 39.8. The van der Waals surface area contributed by atoms with E-state index in [0.29, 0.717) is 0 Å². The number of nitrogens with zero attached hydrogens (tertiary/aromatic N) is 3. The Hall–Kier alpha value is -9.18. The van der Waals surface area contributed by atoms with Gasteiger partial charge in [-0.05, 0) is 147 Å². The van der Waals surface area contributed by atoms with Crippen LogP contribution in [0.5, 0.6) is 0 Å². The topological polar surface area (TPSA) is 14.8 Å². The summed E-state index contributed by atoms with van der Waals surface area (Å²) in [5.41, 5.74) is 23.2. The Labute approximate surface area is 411 Å². The van der Waals surface area contributed by atoms with Gasteiger partial charge in [-0.3, -0.25) is 0 Å². The van der Waals surface area contributed by atoms with Gasteiger partial charge in [-0.15, -0.1) is 0 Å². The van der Waals surface area contributed by atoms with Crippen LogP contribution in [-0.4, -0.2) is 13.7 Å². The molecule has 0 unspecified atom stereocenters. The summed E-state index contributed by atoms with van der Waals surface area (Å²) in [7, 11) is 0. The van der Waals surface area contributed by atoms with Crippen molar-refractivity contribution < 1.29 is 0 Å². The lowest BCUT2D eigenvalue weighted by Gasteiger charge is -2.30. The highest BCUT2D eigenvalue weighted by Gasteiger charge is 2.51. The lowest BCUT2D eigenvalue weighted by atomic mass is 9.70. The van der Waals surface area contributed by atoms with Gasteiger partial charge >= 0.3 is 0 Å². The average Bonchev–Trinajstić information content (AvgIpc) is 4.20. The first-order chi connectivity index (χ1) is 34.7. The summed E-state index contributed by atoms with van der Waals surface area (Å²) in [4.78, 5) is 0. The molecule has 71 heavy (non-hydrogen) atoms. The van der Waals surface area contributed by atoms with Crippen LogP contribution < -0.4 is 0 Å². The molecular weight excluding hydrogens is 859 g/mol. The minimum Gasteiger partial charge on any atom is -0.309 e. The normalized spacial score (nSPS) is 13.1. The highest BCUT2D eigenvalue weighted by atomic mass is 15.0. The lowest BCUT2D eigenvalue weighted by molar-refractivity contribution is 0.794. The van der Waals surface area contributed by atoms with Gasteiger partial charge < -0.3 is 13.7 Å². The van der Waals surface area contributed by atoms with E-state index in [4.69, 9.17) is 0 Å². The van der Waals surface area contributed by atoms with Crippen molar-refractivity contribution in [2.45, 2.75) is 12.8 Å². The second-order valence-electron chi connectivity index (χ2n) is 19.2. The first-order valence-corrected chi connectivity index (χ1v) is 24.3. The fourth-order valence-electron chi connectivity index (χ4n) is 13.0. The van der Waals surface area contributed by atoms with Gasteiger partial charge in [0, 0.05) is 49.4 Å². The summed E-state index contributed by atoms with van der Waals surface area (Å²) in [5, 5.41) is 7.46. The zero-order chi connectivity index (χ0) is 45.7. The van der Waals surface area contributed by atoms with Crippen LogP contribution in [0.25, 0.3) is 116 Å². The number of rotatable bonds is 4. The highest BCUT2D eigenvalue weighted by Crippen LogP contribution is 2.63. The largest absolute Gasteiger partial charge is 0.309 e. The molecule has 14 aromatic rings. The van der Waals surface area contributed by atoms with Crippen LogP contribution in [0.2, 0.25) is 0 Å². The van der Waals surface area contributed by atoms with Crippen molar-refractivity contribution in [3.63, 3.8) is 0 Å². The van der Waals surface area contributed by atoms with Crippen LogP contribution in [-0.2, 0) is 5.41 Å². The van der Waals surface area contributed by atoms with Crippen molar-refractivity contribution in [2.75, 3.05) is 0 Å². The Morgan fingerprint density at radius 2 is 0.606 bits per heavy atom. The standard InChI is InChI=1S/C67H41N3.CH4/c1-3-17-44(18-4-1)68-61-29-15-10-24-50(61)53-37-42(31-34-63(53)68)43-32-35-64-54(38-43)56-40-52-49-23-9-14-28-59(49)67(57-26-12-7-21-47(57)48-22-8-13-27-58(48)67)60(52)41-66(56)70(64)46-33-36-65-55(39-46)51-25-11-16-30-62(51)69(65)45-19-5-2-6-20-45;/h1-41H;1H4. The number of para-hydroxylation sites is 4. The average molecular weight is 904 g/mol. The maximum atomic E-state index is 2.56. The number of aromatic nitrogens is 3. The van der Waals surface area contributed by atoms with Crippen LogP contribution in [0, 0.1) is 0 Å². The first-order valence-electron chi connectivity index (χ1n) is 24.3. The zero-order valence-corrected chi connectivity index (χ0v) is 38.0. The predicted octanol–water partition coefficient (Wildman–Crippen LogP) is 17.6. The van der Waals surface area contributed by atoms with Crippen LogP contribution in [0.4, 0.5) is 0 Å². The van der Waals surface area contributed by atoms with Crippen molar-refractivity contribution in [3.05, 3.63) is 271 Å². The molecule has 0 saturated carbocycles. The highest BCUT2D eigenvalue weighted by molar-refractivity contribution is 6.16. The van der Waals surface area contributed by atoms with Gasteiger partial charge in [0.15, 0.2) is 0 Å². The second kappa shape index (κ2) is 14.7. The molecule has 332 valence electrons. The molecule has 0 aliphatic heterocycles. The maximum Gasteiger partial charge on any atom is 0.0726 e. The monoisotopic (exact) mass is 903 g/mol. The molecule has 16 rings (SSSR count). The number of hydrogen-bond acceptors (Lipinski definition) is 0. The van der Waals surface area contributed by atoms with Crippen LogP contribution >= 0.6 is 0 Å². The molecule has 0 saturated heterocycles. The maximum absolute atomic E-state index is 2.56. The van der Waals surface area contributed by atoms with E-state index in [2.05, 4.69) is 262 Å². The summed E-state index contributed by atoms with van der Waals surface area (Å²) in [6.07, 6.45) is 0. The van der Waals surface area contributed by atoms with E-state index in [1.807, 2.05) is 0 Å². The van der Waals surface area contributed by atoms with Gasteiger partial charge in [0.05, 0.1) is 38.5 Å². The van der Waals surface area contributed by atoms with Gasteiger partial charge in [-0.1, -0.05) is 165 Å². The fraction of sp³-hybridized carbons (Fsp3) is 0.0294. The molecule has 0 atom stereocenters. The molecule has 0 radical (unpaired) electrons. The van der Waals surface area contributed by atoms with Crippen molar-refractivity contribution in [2.24, 2.45) is 0 Å². The molecule has 3 heterocycles. The molecule has 3 aromatic heterocycles. The van der Waals surface area contributed by atoms with Gasteiger partial charge in [0.25, 0.3) is 0 Å². The van der Waals surface area contributed by atoms with Crippen LogP contribution in [0.3, 0.4) is 0 Å². The Bertz CT molecular complexity index is 4480. The molecule has 0 N–H and O–H groups in total. The van der Waals surface area contributed by atoms with E-state index in [1.54, 1.807) is 0 Å². The number of hydrogen-bond donors (Lipinski definition) is 0. The Morgan fingerprint density at radius 1 is 0.225 bits per heavy atom. The zero-order valence-electron chi connectivity index (χ0n) is 38.0. The predicted molar refractivity (Wildman–Crippen MR) is 298 cm³/mol. The van der Waals surface area contributed by atoms with Crippen molar-refractivity contribution in [3.8, 4) is 50.4 Å². The number of fused-ring (bicyclic) bond motifs is 19. The van der Waals surface area contributed by atoms with Gasteiger partial charge in [0.1, 0.15) is 0 Å². The summed E-state index contributed by atoms with van der Waals surface area (Å²) < 4.78 is 7.35. The molecule has 1 spiro atoms. The lowest BCUT2D eigenvalue weighted by Crippen LogP contribution is -2.25. The van der Waals surface area contributed by atoms with E-state index in [1.165, 1.54) is 127 Å². The quantitative estimate of drug-likeness (QED) is 0.167.